The average molecular weight is 443 g/mol. The number of nitrogens with one attached hydrogen (secondary N) is 2. The van der Waals surface area contributed by atoms with Crippen molar-refractivity contribution in [1.29, 1.82) is 0 Å². The number of aryl methyl sites for hydroxylation is 1. The number of carbonyl (C=O) groups excluding carboxylic acids is 2. The fourth-order valence-electron chi connectivity index (χ4n) is 2.32. The van der Waals surface area contributed by atoms with E-state index in [1.807, 2.05) is 31.2 Å². The molecular formula is C18H14Cl3N3O2S. The summed E-state index contributed by atoms with van der Waals surface area (Å²) in [4.78, 5) is 28.8. The third-order valence-corrected chi connectivity index (χ3v) is 5.81. The highest BCUT2D eigenvalue weighted by Crippen LogP contribution is 2.33. The monoisotopic (exact) mass is 441 g/mol. The smallest absolute Gasteiger partial charge is 0.240 e. The molecule has 1 unspecified atom stereocenters. The van der Waals surface area contributed by atoms with Crippen molar-refractivity contribution in [3.05, 3.63) is 57.0 Å². The number of halogens is 3. The zero-order valence-electron chi connectivity index (χ0n) is 14.1. The van der Waals surface area contributed by atoms with Crippen LogP contribution in [0.5, 0.6) is 0 Å². The van der Waals surface area contributed by atoms with Gasteiger partial charge < -0.3 is 10.6 Å². The second-order valence-electron chi connectivity index (χ2n) is 5.85. The molecule has 1 aliphatic heterocycles. The maximum atomic E-state index is 12.3. The largest absolute Gasteiger partial charge is 0.325 e. The predicted molar refractivity (Wildman–Crippen MR) is 113 cm³/mol. The molecular weight excluding hydrogens is 429 g/mol. The Morgan fingerprint density at radius 2 is 1.81 bits per heavy atom. The van der Waals surface area contributed by atoms with Gasteiger partial charge in [0.2, 0.25) is 11.8 Å². The highest BCUT2D eigenvalue weighted by molar-refractivity contribution is 8.15. The minimum absolute atomic E-state index is 0.0278. The van der Waals surface area contributed by atoms with E-state index >= 15 is 0 Å². The Bertz CT molecular complexity index is 932. The first-order chi connectivity index (χ1) is 12.8. The van der Waals surface area contributed by atoms with Crippen LogP contribution in [0.15, 0.2) is 41.4 Å². The van der Waals surface area contributed by atoms with E-state index in [0.29, 0.717) is 15.9 Å². The van der Waals surface area contributed by atoms with Gasteiger partial charge in [0, 0.05) is 6.42 Å². The number of hydrogen-bond donors (Lipinski definition) is 2. The van der Waals surface area contributed by atoms with E-state index < -0.39 is 5.25 Å². The lowest BCUT2D eigenvalue weighted by Crippen LogP contribution is -2.28. The number of aliphatic imine (C=N–C) groups is 1. The third-order valence-electron chi connectivity index (χ3n) is 3.70. The zero-order chi connectivity index (χ0) is 19.6. The lowest BCUT2D eigenvalue weighted by molar-refractivity contribution is -0.122. The van der Waals surface area contributed by atoms with Gasteiger partial charge >= 0.3 is 0 Å². The lowest BCUT2D eigenvalue weighted by Gasteiger charge is -2.10. The maximum Gasteiger partial charge on any atom is 0.240 e. The van der Waals surface area contributed by atoms with Crippen LogP contribution in [0, 0.1) is 6.92 Å². The molecule has 1 heterocycles. The molecule has 1 atom stereocenters. The lowest BCUT2D eigenvalue weighted by atomic mass is 10.2. The van der Waals surface area contributed by atoms with E-state index in [2.05, 4.69) is 15.6 Å². The minimum atomic E-state index is -0.573. The Labute approximate surface area is 175 Å². The highest BCUT2D eigenvalue weighted by Gasteiger charge is 2.32. The number of benzene rings is 2. The van der Waals surface area contributed by atoms with Gasteiger partial charge in [-0.25, -0.2) is 4.99 Å². The first kappa shape index (κ1) is 20.0. The number of thioether (sulfide) groups is 1. The second-order valence-corrected chi connectivity index (χ2v) is 8.26. The van der Waals surface area contributed by atoms with Crippen molar-refractivity contribution in [3.8, 4) is 0 Å². The molecule has 5 nitrogen and oxygen atoms in total. The number of anilines is 1. The van der Waals surface area contributed by atoms with Crippen molar-refractivity contribution in [1.82, 2.24) is 5.32 Å². The minimum Gasteiger partial charge on any atom is -0.325 e. The summed E-state index contributed by atoms with van der Waals surface area (Å²) >= 11 is 19.1. The second kappa shape index (κ2) is 8.52. The van der Waals surface area contributed by atoms with E-state index in [1.54, 1.807) is 0 Å². The molecule has 2 N–H and O–H groups in total. The molecule has 0 radical (unpaired) electrons. The van der Waals surface area contributed by atoms with E-state index in [4.69, 9.17) is 34.8 Å². The number of nitrogens with zero attached hydrogens (tertiary/aromatic N) is 1. The Kier molecular flexibility index (Phi) is 6.32. The summed E-state index contributed by atoms with van der Waals surface area (Å²) in [5.41, 5.74) is 2.20. The first-order valence-electron chi connectivity index (χ1n) is 7.89. The van der Waals surface area contributed by atoms with Crippen molar-refractivity contribution < 1.29 is 9.59 Å². The molecule has 27 heavy (non-hydrogen) atoms. The molecule has 1 saturated heterocycles. The Morgan fingerprint density at radius 1 is 1.15 bits per heavy atom. The van der Waals surface area contributed by atoms with Gasteiger partial charge in [0.1, 0.15) is 5.25 Å². The highest BCUT2D eigenvalue weighted by atomic mass is 35.5. The van der Waals surface area contributed by atoms with Crippen molar-refractivity contribution in [2.45, 2.75) is 18.6 Å². The number of carbonyl (C=O) groups is 2. The van der Waals surface area contributed by atoms with E-state index in [9.17, 15) is 9.59 Å². The summed E-state index contributed by atoms with van der Waals surface area (Å²) < 4.78 is 0. The average Bonchev–Trinajstić information content (AvgIpc) is 2.94. The summed E-state index contributed by atoms with van der Waals surface area (Å²) in [5.74, 6) is -0.624. The molecule has 140 valence electrons. The summed E-state index contributed by atoms with van der Waals surface area (Å²) in [6.45, 7) is 1.98. The van der Waals surface area contributed by atoms with Crippen molar-refractivity contribution >= 4 is 74.9 Å². The quantitative estimate of drug-likeness (QED) is 0.639. The molecule has 2 amide bonds. The van der Waals surface area contributed by atoms with Gasteiger partial charge in [-0.15, -0.1) is 0 Å². The van der Waals surface area contributed by atoms with Crippen molar-refractivity contribution in [3.63, 3.8) is 0 Å². The van der Waals surface area contributed by atoms with Gasteiger partial charge in [0.15, 0.2) is 5.17 Å². The van der Waals surface area contributed by atoms with Crippen molar-refractivity contribution in [2.24, 2.45) is 4.99 Å². The van der Waals surface area contributed by atoms with E-state index in [0.717, 1.165) is 11.3 Å². The standard InChI is InChI=1S/C18H14Cl3N3O2S/c1-9-2-4-10(5-3-9)22-18-24-17(26)15(27-18)8-16(25)23-14-7-12(20)11(19)6-13(14)21/h2-7,15H,8H2,1H3,(H,23,25)(H,22,24,26). The van der Waals surface area contributed by atoms with Crippen LogP contribution >= 0.6 is 46.6 Å². The molecule has 0 aliphatic carbocycles. The Morgan fingerprint density at radius 3 is 2.52 bits per heavy atom. The Balaban J connectivity index is 1.64. The number of hydrogen-bond acceptors (Lipinski definition) is 4. The molecule has 9 heteroatoms. The Hall–Kier alpha value is -1.73. The summed E-state index contributed by atoms with van der Waals surface area (Å²) in [6, 6.07) is 10.5. The molecule has 0 bridgehead atoms. The molecule has 1 aliphatic rings. The molecule has 0 spiro atoms. The summed E-state index contributed by atoms with van der Waals surface area (Å²) in [5, 5.41) is 6.07. The first-order valence-corrected chi connectivity index (χ1v) is 9.90. The zero-order valence-corrected chi connectivity index (χ0v) is 17.1. The normalized spacial score (nSPS) is 17.9. The van der Waals surface area contributed by atoms with Crippen LogP contribution in [0.3, 0.4) is 0 Å². The van der Waals surface area contributed by atoms with Gasteiger partial charge in [-0.05, 0) is 31.2 Å². The fourth-order valence-corrected chi connectivity index (χ4v) is 3.90. The van der Waals surface area contributed by atoms with Crippen LogP contribution in [0.2, 0.25) is 15.1 Å². The topological polar surface area (TPSA) is 70.6 Å². The van der Waals surface area contributed by atoms with Crippen molar-refractivity contribution in [2.75, 3.05) is 5.32 Å². The molecule has 2 aromatic carbocycles. The van der Waals surface area contributed by atoms with Gasteiger partial charge in [0.25, 0.3) is 0 Å². The summed E-state index contributed by atoms with van der Waals surface area (Å²) in [7, 11) is 0. The molecule has 0 saturated carbocycles. The SMILES string of the molecule is Cc1ccc(N=C2NC(=O)C(CC(=O)Nc3cc(Cl)c(Cl)cc3Cl)S2)cc1. The molecule has 3 rings (SSSR count). The van der Waals surface area contributed by atoms with Gasteiger partial charge in [0.05, 0.1) is 26.4 Å². The number of amides is 2. The molecule has 0 aromatic heterocycles. The van der Waals surface area contributed by atoms with Crippen LogP contribution < -0.4 is 10.6 Å². The van der Waals surface area contributed by atoms with Crippen LogP contribution in [0.4, 0.5) is 11.4 Å². The fraction of sp³-hybridized carbons (Fsp3) is 0.167. The van der Waals surface area contributed by atoms with Crippen LogP contribution in [-0.4, -0.2) is 22.2 Å². The van der Waals surface area contributed by atoms with E-state index in [1.165, 1.54) is 23.9 Å². The third kappa shape index (κ3) is 5.17. The van der Waals surface area contributed by atoms with Gasteiger partial charge in [-0.1, -0.05) is 64.3 Å². The molecule has 1 fully saturated rings. The number of amidine groups is 1. The summed E-state index contributed by atoms with van der Waals surface area (Å²) in [6.07, 6.45) is -0.0278. The van der Waals surface area contributed by atoms with E-state index in [-0.39, 0.29) is 28.3 Å². The van der Waals surface area contributed by atoms with Crippen LogP contribution in [0.25, 0.3) is 0 Å². The van der Waals surface area contributed by atoms with Crippen LogP contribution in [-0.2, 0) is 9.59 Å². The van der Waals surface area contributed by atoms with Gasteiger partial charge in [-0.2, -0.15) is 0 Å². The van der Waals surface area contributed by atoms with Gasteiger partial charge in [-0.3, -0.25) is 9.59 Å². The molecule has 2 aromatic rings. The maximum absolute atomic E-state index is 12.3. The predicted octanol–water partition coefficient (Wildman–Crippen LogP) is 5.20. The van der Waals surface area contributed by atoms with Crippen LogP contribution in [0.1, 0.15) is 12.0 Å². The number of rotatable bonds is 4.